The maximum atomic E-state index is 5.86. The SMILES string of the molecule is c1ccc2nn(CN3CCOCCOCCN(Cn4nnc5ccccc54)CCOCCOCC3)nc2c1. The third-order valence-corrected chi connectivity index (χ3v) is 6.36. The van der Waals surface area contributed by atoms with Crippen molar-refractivity contribution in [2.75, 3.05) is 79.0 Å². The van der Waals surface area contributed by atoms with Crippen molar-refractivity contribution >= 4 is 22.1 Å². The van der Waals surface area contributed by atoms with Crippen LogP contribution < -0.4 is 0 Å². The highest BCUT2D eigenvalue weighted by molar-refractivity contribution is 5.74. The molecule has 0 unspecified atom stereocenters. The second-order valence-electron chi connectivity index (χ2n) is 9.11. The summed E-state index contributed by atoms with van der Waals surface area (Å²) in [6.45, 7) is 8.79. The van der Waals surface area contributed by atoms with E-state index >= 15 is 0 Å². The molecule has 0 aliphatic carbocycles. The summed E-state index contributed by atoms with van der Waals surface area (Å²) in [6, 6.07) is 15.9. The van der Waals surface area contributed by atoms with Gasteiger partial charge in [0.1, 0.15) is 23.2 Å². The largest absolute Gasteiger partial charge is 0.378 e. The fraction of sp³-hybridized carbons (Fsp3) is 0.538. The molecule has 2 aromatic heterocycles. The van der Waals surface area contributed by atoms with Gasteiger partial charge in [0.25, 0.3) is 0 Å². The van der Waals surface area contributed by atoms with E-state index in [9.17, 15) is 0 Å². The van der Waals surface area contributed by atoms with E-state index in [4.69, 9.17) is 18.9 Å². The van der Waals surface area contributed by atoms with Gasteiger partial charge in [-0.1, -0.05) is 29.5 Å². The first-order valence-electron chi connectivity index (χ1n) is 13.2. The highest BCUT2D eigenvalue weighted by atomic mass is 16.5. The van der Waals surface area contributed by atoms with Gasteiger partial charge in [0, 0.05) is 26.2 Å². The zero-order valence-electron chi connectivity index (χ0n) is 21.7. The van der Waals surface area contributed by atoms with Gasteiger partial charge in [-0.2, -0.15) is 15.0 Å². The Hall–Kier alpha value is -3.00. The summed E-state index contributed by atoms with van der Waals surface area (Å²) < 4.78 is 25.3. The molecule has 12 nitrogen and oxygen atoms in total. The lowest BCUT2D eigenvalue weighted by atomic mass is 10.3. The number of aromatic nitrogens is 6. The molecule has 0 radical (unpaired) electrons. The molecule has 0 atom stereocenters. The minimum absolute atomic E-state index is 0.547. The molecule has 5 rings (SSSR count). The summed E-state index contributed by atoms with van der Waals surface area (Å²) in [5.74, 6) is 0. The number of para-hydroxylation sites is 1. The van der Waals surface area contributed by atoms with Crippen LogP contribution in [0.2, 0.25) is 0 Å². The molecule has 0 spiro atoms. The fourth-order valence-electron chi connectivity index (χ4n) is 4.28. The van der Waals surface area contributed by atoms with Gasteiger partial charge in [0.15, 0.2) is 0 Å². The molecule has 12 heteroatoms. The maximum absolute atomic E-state index is 5.86. The van der Waals surface area contributed by atoms with Crippen LogP contribution in [0.25, 0.3) is 22.1 Å². The van der Waals surface area contributed by atoms with E-state index in [0.717, 1.165) is 48.2 Å². The molecule has 1 fully saturated rings. The summed E-state index contributed by atoms with van der Waals surface area (Å²) >= 11 is 0. The summed E-state index contributed by atoms with van der Waals surface area (Å²) in [5.41, 5.74) is 3.69. The Kier molecular flexibility index (Phi) is 9.97. The average Bonchev–Trinajstić information content (AvgIpc) is 3.54. The summed E-state index contributed by atoms with van der Waals surface area (Å²) in [5, 5.41) is 17.7. The Morgan fingerprint density at radius 1 is 0.553 bits per heavy atom. The van der Waals surface area contributed by atoms with E-state index in [1.54, 1.807) is 4.80 Å². The van der Waals surface area contributed by atoms with Gasteiger partial charge in [-0.25, -0.2) is 4.68 Å². The highest BCUT2D eigenvalue weighted by Crippen LogP contribution is 2.11. The molecular weight excluding hydrogens is 488 g/mol. The Labute approximate surface area is 222 Å². The molecule has 38 heavy (non-hydrogen) atoms. The topological polar surface area (TPSA) is 105 Å². The van der Waals surface area contributed by atoms with Crippen LogP contribution in [0.15, 0.2) is 48.5 Å². The Morgan fingerprint density at radius 2 is 1.03 bits per heavy atom. The molecule has 0 saturated carbocycles. The zero-order chi connectivity index (χ0) is 25.8. The van der Waals surface area contributed by atoms with Crippen LogP contribution in [-0.2, 0) is 32.3 Å². The number of ether oxygens (including phenoxy) is 4. The van der Waals surface area contributed by atoms with Crippen molar-refractivity contribution in [3.63, 3.8) is 0 Å². The molecule has 0 N–H and O–H groups in total. The lowest BCUT2D eigenvalue weighted by Crippen LogP contribution is -2.35. The van der Waals surface area contributed by atoms with E-state index in [1.807, 2.05) is 53.2 Å². The van der Waals surface area contributed by atoms with Gasteiger partial charge < -0.3 is 18.9 Å². The minimum atomic E-state index is 0.547. The smallest absolute Gasteiger partial charge is 0.113 e. The molecule has 3 heterocycles. The Balaban J connectivity index is 1.10. The van der Waals surface area contributed by atoms with Crippen molar-refractivity contribution in [3.05, 3.63) is 48.5 Å². The molecule has 1 aliphatic heterocycles. The molecule has 204 valence electrons. The monoisotopic (exact) mass is 524 g/mol. The van der Waals surface area contributed by atoms with Crippen molar-refractivity contribution < 1.29 is 18.9 Å². The van der Waals surface area contributed by atoms with E-state index in [-0.39, 0.29) is 0 Å². The minimum Gasteiger partial charge on any atom is -0.378 e. The van der Waals surface area contributed by atoms with Crippen LogP contribution in [0.1, 0.15) is 0 Å². The van der Waals surface area contributed by atoms with Gasteiger partial charge in [-0.15, -0.1) is 5.10 Å². The molecular formula is C26H36N8O4. The van der Waals surface area contributed by atoms with Crippen LogP contribution >= 0.6 is 0 Å². The predicted octanol–water partition coefficient (Wildman–Crippen LogP) is 1.48. The van der Waals surface area contributed by atoms with Crippen molar-refractivity contribution in [2.45, 2.75) is 13.3 Å². The normalized spacial score (nSPS) is 18.9. The first-order chi connectivity index (χ1) is 18.8. The molecule has 2 aromatic carbocycles. The zero-order valence-corrected chi connectivity index (χ0v) is 21.7. The van der Waals surface area contributed by atoms with E-state index < -0.39 is 0 Å². The van der Waals surface area contributed by atoms with Crippen LogP contribution in [0.3, 0.4) is 0 Å². The number of hydrogen-bond acceptors (Lipinski definition) is 10. The fourth-order valence-corrected chi connectivity index (χ4v) is 4.28. The molecule has 1 aliphatic rings. The average molecular weight is 525 g/mol. The van der Waals surface area contributed by atoms with Crippen LogP contribution in [0.4, 0.5) is 0 Å². The van der Waals surface area contributed by atoms with Crippen LogP contribution in [0.5, 0.6) is 0 Å². The van der Waals surface area contributed by atoms with E-state index in [0.29, 0.717) is 66.2 Å². The Morgan fingerprint density at radius 3 is 1.58 bits per heavy atom. The number of benzene rings is 2. The molecule has 0 bridgehead atoms. The van der Waals surface area contributed by atoms with Crippen molar-refractivity contribution in [1.82, 2.24) is 39.8 Å². The number of rotatable bonds is 4. The lowest BCUT2D eigenvalue weighted by Gasteiger charge is -2.23. The summed E-state index contributed by atoms with van der Waals surface area (Å²) in [4.78, 5) is 6.22. The second-order valence-corrected chi connectivity index (χ2v) is 9.11. The number of nitrogens with zero attached hydrogens (tertiary/aromatic N) is 8. The molecule has 4 aromatic rings. The first-order valence-corrected chi connectivity index (χ1v) is 13.2. The van der Waals surface area contributed by atoms with Gasteiger partial charge in [0.05, 0.1) is 65.0 Å². The highest BCUT2D eigenvalue weighted by Gasteiger charge is 2.12. The number of hydrogen-bond donors (Lipinski definition) is 0. The molecule has 0 amide bonds. The first kappa shape index (κ1) is 26.6. The molecule has 1 saturated heterocycles. The maximum Gasteiger partial charge on any atom is 0.113 e. The Bertz CT molecular complexity index is 1200. The summed E-state index contributed by atoms with van der Waals surface area (Å²) in [7, 11) is 0. The van der Waals surface area contributed by atoms with Crippen molar-refractivity contribution in [3.8, 4) is 0 Å². The van der Waals surface area contributed by atoms with Gasteiger partial charge in [-0.3, -0.25) is 9.80 Å². The van der Waals surface area contributed by atoms with Gasteiger partial charge in [-0.05, 0) is 24.3 Å². The third-order valence-electron chi connectivity index (χ3n) is 6.36. The van der Waals surface area contributed by atoms with Gasteiger partial charge >= 0.3 is 0 Å². The quantitative estimate of drug-likeness (QED) is 0.390. The van der Waals surface area contributed by atoms with Crippen molar-refractivity contribution in [1.29, 1.82) is 0 Å². The van der Waals surface area contributed by atoms with Crippen LogP contribution in [-0.4, -0.2) is 119 Å². The summed E-state index contributed by atoms with van der Waals surface area (Å²) in [6.07, 6.45) is 0. The standard InChI is InChI=1S/C26H36N8O4/c1-2-6-24-23(5-1)28-34(29-24)22-32-11-15-37-19-17-35-13-9-31(10-14-36-18-20-38-16-12-32)21-33-26-8-4-3-7-25(26)27-30-33/h1-8H,9-22H2. The van der Waals surface area contributed by atoms with Gasteiger partial charge in [0.2, 0.25) is 0 Å². The number of fused-ring (bicyclic) bond motifs is 2. The second kappa shape index (κ2) is 14.2. The van der Waals surface area contributed by atoms with Crippen LogP contribution in [0, 0.1) is 0 Å². The predicted molar refractivity (Wildman–Crippen MR) is 141 cm³/mol. The third kappa shape index (κ3) is 7.76. The van der Waals surface area contributed by atoms with E-state index in [1.165, 1.54) is 0 Å². The lowest BCUT2D eigenvalue weighted by molar-refractivity contribution is -0.000494. The van der Waals surface area contributed by atoms with Crippen molar-refractivity contribution in [2.24, 2.45) is 0 Å². The van der Waals surface area contributed by atoms with E-state index in [2.05, 4.69) is 30.3 Å².